The fourth-order valence-corrected chi connectivity index (χ4v) is 0.510. The van der Waals surface area contributed by atoms with Crippen LogP contribution < -0.4 is 0 Å². The molecule has 56 valence electrons. The third-order valence-corrected chi connectivity index (χ3v) is 0.667. The van der Waals surface area contributed by atoms with Gasteiger partial charge in [-0.25, -0.2) is 12.6 Å². The topological polar surface area (TPSA) is 116 Å². The van der Waals surface area contributed by atoms with Gasteiger partial charge in [-0.3, -0.25) is 0 Å². The number of rotatable bonds is 3. The Morgan fingerprint density at radius 1 is 1.44 bits per heavy atom. The maximum atomic E-state index is 9.36. The molecule has 0 aliphatic carbocycles. The van der Waals surface area contributed by atoms with Crippen molar-refractivity contribution >= 4 is 21.8 Å². The first-order valence-corrected chi connectivity index (χ1v) is 3.67. The van der Waals surface area contributed by atoms with Crippen LogP contribution in [0.25, 0.3) is 0 Å². The van der Waals surface area contributed by atoms with Gasteiger partial charge in [0, 0.05) is 0 Å². The fourth-order valence-electron chi connectivity index (χ4n) is 0.0567. The zero-order valence-electron chi connectivity index (χ0n) is 3.67. The molecule has 0 aromatic heterocycles. The van der Waals surface area contributed by atoms with E-state index in [2.05, 4.69) is 8.67 Å². The molecule has 0 aromatic rings. The molecule has 9 heteroatoms. The Bertz CT molecular complexity index is 185. The van der Waals surface area contributed by atoms with Crippen LogP contribution in [0.15, 0.2) is 0 Å². The summed E-state index contributed by atoms with van der Waals surface area (Å²) in [7, 11) is -5.08. The molecule has 0 fully saturated rings. The van der Waals surface area contributed by atoms with Gasteiger partial charge in [-0.05, 0) is 0 Å². The Balaban J connectivity index is 3.67. The highest BCUT2D eigenvalue weighted by atomic mass is 32.3. The highest BCUT2D eigenvalue weighted by Crippen LogP contribution is 1.88. The van der Waals surface area contributed by atoms with Crippen LogP contribution in [0.3, 0.4) is 0 Å². The summed E-state index contributed by atoms with van der Waals surface area (Å²) in [5.74, 6) is 0. The Morgan fingerprint density at radius 2 is 1.89 bits per heavy atom. The summed E-state index contributed by atoms with van der Waals surface area (Å²) in [4.78, 5) is 0. The summed E-state index contributed by atoms with van der Waals surface area (Å²) >= 11 is -3.16. The maximum Gasteiger partial charge on any atom is 0.246 e. The van der Waals surface area contributed by atoms with Crippen LogP contribution in [0.1, 0.15) is 0 Å². The molecule has 0 saturated carbocycles. The lowest BCUT2D eigenvalue weighted by atomic mass is 14.9. The Hall–Kier alpha value is -0.0600. The predicted octanol–water partition coefficient (Wildman–Crippen LogP) is -1.81. The molecule has 0 amide bonds. The number of hydrogen-bond donors (Lipinski definition) is 0. The van der Waals surface area contributed by atoms with Gasteiger partial charge >= 0.3 is 0 Å². The van der Waals surface area contributed by atoms with Crippen molar-refractivity contribution in [2.75, 3.05) is 0 Å². The summed E-state index contributed by atoms with van der Waals surface area (Å²) in [5, 5.41) is 0. The van der Waals surface area contributed by atoms with Crippen LogP contribution >= 0.6 is 0 Å². The van der Waals surface area contributed by atoms with Crippen molar-refractivity contribution in [2.24, 2.45) is 0 Å². The lowest BCUT2D eigenvalue weighted by Gasteiger charge is -2.05. The average molecular weight is 176 g/mol. The van der Waals surface area contributed by atoms with Crippen molar-refractivity contribution < 1.29 is 30.4 Å². The van der Waals surface area contributed by atoms with E-state index in [4.69, 9.17) is 0 Å². The third-order valence-electron chi connectivity index (χ3n) is 0.167. The lowest BCUT2D eigenvalue weighted by Crippen LogP contribution is -2.06. The van der Waals surface area contributed by atoms with Crippen molar-refractivity contribution in [3.8, 4) is 0 Å². The molecule has 0 spiro atoms. The Kier molecular flexibility index (Phi) is 3.17. The molecule has 0 aliphatic rings. The SMILES string of the molecule is O=S([O-])OOS(=O)(=O)[O-]. The van der Waals surface area contributed by atoms with Crippen LogP contribution in [0.2, 0.25) is 0 Å². The molecule has 0 heterocycles. The van der Waals surface area contributed by atoms with Gasteiger partial charge in [0.15, 0.2) is 0 Å². The van der Waals surface area contributed by atoms with E-state index < -0.39 is 21.8 Å². The number of hydrogen-bond acceptors (Lipinski definition) is 7. The van der Waals surface area contributed by atoms with E-state index in [1.807, 2.05) is 0 Å². The second-order valence-electron chi connectivity index (χ2n) is 0.748. The first-order chi connectivity index (χ1) is 3.92. The minimum Gasteiger partial charge on any atom is -0.747 e. The zero-order valence-corrected chi connectivity index (χ0v) is 5.31. The van der Waals surface area contributed by atoms with Gasteiger partial charge in [0.25, 0.3) is 0 Å². The zero-order chi connectivity index (χ0) is 7.49. The second-order valence-corrected chi connectivity index (χ2v) is 2.25. The molecular weight excluding hydrogens is 176 g/mol. The van der Waals surface area contributed by atoms with Crippen LogP contribution in [0.4, 0.5) is 0 Å². The Labute approximate surface area is 53.0 Å². The van der Waals surface area contributed by atoms with E-state index in [0.29, 0.717) is 0 Å². The minimum absolute atomic E-state index is 2.79. The summed E-state index contributed by atoms with van der Waals surface area (Å²) in [6, 6.07) is 0. The molecule has 0 radical (unpaired) electrons. The highest BCUT2D eigenvalue weighted by molar-refractivity contribution is 7.81. The van der Waals surface area contributed by atoms with Gasteiger partial charge in [0.05, 0.1) is 0 Å². The first-order valence-electron chi connectivity index (χ1n) is 1.33. The van der Waals surface area contributed by atoms with Gasteiger partial charge in [-0.1, -0.05) is 0 Å². The van der Waals surface area contributed by atoms with Gasteiger partial charge < -0.3 is 9.11 Å². The van der Waals surface area contributed by atoms with Crippen molar-refractivity contribution in [3.63, 3.8) is 0 Å². The smallest absolute Gasteiger partial charge is 0.246 e. The lowest BCUT2D eigenvalue weighted by molar-refractivity contribution is -0.0981. The summed E-state index contributed by atoms with van der Waals surface area (Å²) in [6.45, 7) is 0. The fraction of sp³-hybridized carbons (Fsp3) is 0. The van der Waals surface area contributed by atoms with E-state index in [9.17, 15) is 21.7 Å². The molecule has 0 saturated heterocycles. The van der Waals surface area contributed by atoms with Crippen LogP contribution in [0, 0.1) is 0 Å². The van der Waals surface area contributed by atoms with E-state index in [1.165, 1.54) is 0 Å². The average Bonchev–Trinajstić information content (AvgIpc) is 1.59. The van der Waals surface area contributed by atoms with Gasteiger partial charge in [-0.2, -0.15) is 0 Å². The van der Waals surface area contributed by atoms with Gasteiger partial charge in [-0.15, -0.1) is 8.67 Å². The largest absolute Gasteiger partial charge is 0.747 e. The van der Waals surface area contributed by atoms with E-state index in [-0.39, 0.29) is 0 Å². The van der Waals surface area contributed by atoms with Crippen LogP contribution in [-0.4, -0.2) is 21.7 Å². The quantitative estimate of drug-likeness (QED) is 0.163. The standard InChI is InChI=1S/H2O7S2/c1-8(2)6-7-9(3,4)5/h(H,1,2)(H,3,4,5)/p-2. The molecule has 0 aliphatic heterocycles. The minimum atomic E-state index is -5.08. The molecule has 1 atom stereocenters. The first kappa shape index (κ1) is 8.94. The molecule has 0 N–H and O–H groups in total. The van der Waals surface area contributed by atoms with Crippen LogP contribution in [0.5, 0.6) is 0 Å². The van der Waals surface area contributed by atoms with Crippen molar-refractivity contribution in [2.45, 2.75) is 0 Å². The Morgan fingerprint density at radius 3 is 2.00 bits per heavy atom. The normalized spacial score (nSPS) is 15.3. The molecular formula is O7S2-2. The summed E-state index contributed by atoms with van der Waals surface area (Å²) < 4.78 is 52.4. The highest BCUT2D eigenvalue weighted by Gasteiger charge is 1.93. The molecule has 0 rings (SSSR count). The monoisotopic (exact) mass is 176 g/mol. The van der Waals surface area contributed by atoms with Gasteiger partial charge in [0.2, 0.25) is 10.4 Å². The molecule has 0 aromatic carbocycles. The molecule has 9 heavy (non-hydrogen) atoms. The van der Waals surface area contributed by atoms with E-state index in [0.717, 1.165) is 0 Å². The van der Waals surface area contributed by atoms with E-state index in [1.54, 1.807) is 0 Å². The van der Waals surface area contributed by atoms with Crippen LogP contribution in [-0.2, 0) is 30.4 Å². The maximum absolute atomic E-state index is 9.36. The molecule has 1 unspecified atom stereocenters. The molecule has 0 bridgehead atoms. The molecule has 7 nitrogen and oxygen atoms in total. The second kappa shape index (κ2) is 3.20. The van der Waals surface area contributed by atoms with E-state index >= 15 is 0 Å². The third kappa shape index (κ3) is 7.94. The summed E-state index contributed by atoms with van der Waals surface area (Å²) in [5.41, 5.74) is 0. The van der Waals surface area contributed by atoms with Gasteiger partial charge in [0.1, 0.15) is 11.4 Å². The summed E-state index contributed by atoms with van der Waals surface area (Å²) in [6.07, 6.45) is 0. The van der Waals surface area contributed by atoms with Crippen molar-refractivity contribution in [3.05, 3.63) is 0 Å². The predicted molar refractivity (Wildman–Crippen MR) is 20.8 cm³/mol. The van der Waals surface area contributed by atoms with Crippen molar-refractivity contribution in [1.82, 2.24) is 0 Å². The van der Waals surface area contributed by atoms with Crippen molar-refractivity contribution in [1.29, 1.82) is 0 Å².